The Balaban J connectivity index is 2.28. The Morgan fingerprint density at radius 2 is 2.37 bits per heavy atom. The zero-order valence-electron chi connectivity index (χ0n) is 10.7. The molecule has 1 fully saturated rings. The first-order valence-corrected chi connectivity index (χ1v) is 7.00. The van der Waals surface area contributed by atoms with E-state index in [4.69, 9.17) is 5.73 Å². The van der Waals surface area contributed by atoms with Gasteiger partial charge in [-0.2, -0.15) is 0 Å². The molecule has 1 aromatic rings. The molecular formula is C13H17BrFN3O. The number of piperazine rings is 1. The van der Waals surface area contributed by atoms with Crippen molar-refractivity contribution in [2.24, 2.45) is 5.73 Å². The molecule has 0 aliphatic carbocycles. The predicted octanol–water partition coefficient (Wildman–Crippen LogP) is 1.41. The van der Waals surface area contributed by atoms with Gasteiger partial charge in [-0.15, -0.1) is 0 Å². The fourth-order valence-electron chi connectivity index (χ4n) is 2.46. The van der Waals surface area contributed by atoms with Crippen molar-refractivity contribution in [3.8, 4) is 0 Å². The van der Waals surface area contributed by atoms with Crippen LogP contribution in [0.5, 0.6) is 0 Å². The molecule has 3 N–H and O–H groups in total. The molecule has 104 valence electrons. The number of nitrogens with zero attached hydrogens (tertiary/aromatic N) is 1. The Labute approximate surface area is 120 Å². The summed E-state index contributed by atoms with van der Waals surface area (Å²) >= 11 is 3.34. The van der Waals surface area contributed by atoms with Crippen molar-refractivity contribution < 1.29 is 9.18 Å². The van der Waals surface area contributed by atoms with Gasteiger partial charge in [-0.1, -0.05) is 15.9 Å². The number of carbonyl (C=O) groups excluding carboxylic acids is 1. The Hall–Kier alpha value is -0.980. The zero-order valence-corrected chi connectivity index (χ0v) is 12.3. The highest BCUT2D eigenvalue weighted by molar-refractivity contribution is 9.10. The minimum Gasteiger partial charge on any atom is -0.368 e. The second-order valence-corrected chi connectivity index (χ2v) is 5.62. The fraction of sp³-hybridized carbons (Fsp3) is 0.462. The van der Waals surface area contributed by atoms with E-state index in [1.807, 2.05) is 11.8 Å². The molecule has 1 amide bonds. The summed E-state index contributed by atoms with van der Waals surface area (Å²) in [7, 11) is 0. The highest BCUT2D eigenvalue weighted by atomic mass is 79.9. The molecular weight excluding hydrogens is 313 g/mol. The first kappa shape index (κ1) is 14.4. The van der Waals surface area contributed by atoms with Crippen LogP contribution >= 0.6 is 15.9 Å². The molecule has 2 atom stereocenters. The Kier molecular flexibility index (Phi) is 4.54. The van der Waals surface area contributed by atoms with Crippen LogP contribution in [0.1, 0.15) is 18.5 Å². The van der Waals surface area contributed by atoms with Gasteiger partial charge in [0.15, 0.2) is 0 Å². The lowest BCUT2D eigenvalue weighted by molar-refractivity contribution is -0.124. The van der Waals surface area contributed by atoms with Crippen LogP contribution in [0.3, 0.4) is 0 Å². The molecule has 19 heavy (non-hydrogen) atoms. The SMILES string of the molecule is CC(c1cc(Br)ccc1F)N1CCNCC1C(N)=O. The van der Waals surface area contributed by atoms with Crippen molar-refractivity contribution in [2.75, 3.05) is 19.6 Å². The van der Waals surface area contributed by atoms with Gasteiger partial charge >= 0.3 is 0 Å². The van der Waals surface area contributed by atoms with Crippen molar-refractivity contribution in [3.05, 3.63) is 34.1 Å². The third-order valence-electron chi connectivity index (χ3n) is 3.52. The Bertz CT molecular complexity index is 483. The smallest absolute Gasteiger partial charge is 0.236 e. The van der Waals surface area contributed by atoms with Gasteiger partial charge in [-0.25, -0.2) is 4.39 Å². The fourth-order valence-corrected chi connectivity index (χ4v) is 2.84. The van der Waals surface area contributed by atoms with Crippen LogP contribution in [0.25, 0.3) is 0 Å². The molecule has 0 radical (unpaired) electrons. The van der Waals surface area contributed by atoms with Crippen LogP contribution in [-0.2, 0) is 4.79 Å². The summed E-state index contributed by atoms with van der Waals surface area (Å²) in [4.78, 5) is 13.4. The normalized spacial score (nSPS) is 22.2. The number of primary amides is 1. The lowest BCUT2D eigenvalue weighted by atomic mass is 10.0. The number of benzene rings is 1. The van der Waals surface area contributed by atoms with Gasteiger partial charge in [0, 0.05) is 35.7 Å². The van der Waals surface area contributed by atoms with E-state index in [-0.39, 0.29) is 17.8 Å². The number of hydrogen-bond donors (Lipinski definition) is 2. The lowest BCUT2D eigenvalue weighted by Gasteiger charge is -2.38. The number of carbonyl (C=O) groups is 1. The molecule has 1 aliphatic heterocycles. The summed E-state index contributed by atoms with van der Waals surface area (Å²) in [6.07, 6.45) is 0. The van der Waals surface area contributed by atoms with Gasteiger partial charge in [0.2, 0.25) is 5.91 Å². The summed E-state index contributed by atoms with van der Waals surface area (Å²) in [5, 5.41) is 3.13. The number of rotatable bonds is 3. The van der Waals surface area contributed by atoms with Crippen LogP contribution in [-0.4, -0.2) is 36.5 Å². The monoisotopic (exact) mass is 329 g/mol. The molecule has 0 bridgehead atoms. The van der Waals surface area contributed by atoms with Gasteiger partial charge in [0.25, 0.3) is 0 Å². The first-order chi connectivity index (χ1) is 9.00. The molecule has 1 heterocycles. The van der Waals surface area contributed by atoms with E-state index in [2.05, 4.69) is 21.2 Å². The van der Waals surface area contributed by atoms with Gasteiger partial charge in [0.05, 0.1) is 0 Å². The second-order valence-electron chi connectivity index (χ2n) is 4.70. The Morgan fingerprint density at radius 1 is 1.63 bits per heavy atom. The summed E-state index contributed by atoms with van der Waals surface area (Å²) < 4.78 is 14.7. The molecule has 2 unspecified atom stereocenters. The topological polar surface area (TPSA) is 58.4 Å². The number of nitrogens with one attached hydrogen (secondary N) is 1. The van der Waals surface area contributed by atoms with Gasteiger partial charge in [-0.3, -0.25) is 9.69 Å². The van der Waals surface area contributed by atoms with Crippen molar-refractivity contribution in [3.63, 3.8) is 0 Å². The maximum Gasteiger partial charge on any atom is 0.236 e. The minimum absolute atomic E-state index is 0.197. The third-order valence-corrected chi connectivity index (χ3v) is 4.01. The maximum atomic E-state index is 13.9. The van der Waals surface area contributed by atoms with Crippen LogP contribution in [0.15, 0.2) is 22.7 Å². The molecule has 1 aromatic carbocycles. The second kappa shape index (κ2) is 5.98. The lowest BCUT2D eigenvalue weighted by Crippen LogP contribution is -2.57. The van der Waals surface area contributed by atoms with Crippen molar-refractivity contribution in [2.45, 2.75) is 19.0 Å². The number of nitrogens with two attached hydrogens (primary N) is 1. The van der Waals surface area contributed by atoms with Crippen LogP contribution in [0.4, 0.5) is 4.39 Å². The molecule has 0 spiro atoms. The summed E-state index contributed by atoms with van der Waals surface area (Å²) in [5.74, 6) is -0.646. The molecule has 0 aromatic heterocycles. The van der Waals surface area contributed by atoms with E-state index in [1.54, 1.807) is 12.1 Å². The van der Waals surface area contributed by atoms with Crippen molar-refractivity contribution in [1.29, 1.82) is 0 Å². The minimum atomic E-state index is -0.401. The molecule has 2 rings (SSSR count). The molecule has 1 saturated heterocycles. The van der Waals surface area contributed by atoms with E-state index < -0.39 is 6.04 Å². The van der Waals surface area contributed by atoms with Crippen LogP contribution in [0, 0.1) is 5.82 Å². The highest BCUT2D eigenvalue weighted by Gasteiger charge is 2.31. The number of halogens is 2. The van der Waals surface area contributed by atoms with Crippen molar-refractivity contribution >= 4 is 21.8 Å². The molecule has 4 nitrogen and oxygen atoms in total. The van der Waals surface area contributed by atoms with Gasteiger partial charge < -0.3 is 11.1 Å². The largest absolute Gasteiger partial charge is 0.368 e. The predicted molar refractivity (Wildman–Crippen MR) is 75.1 cm³/mol. The van der Waals surface area contributed by atoms with Crippen LogP contribution < -0.4 is 11.1 Å². The highest BCUT2D eigenvalue weighted by Crippen LogP contribution is 2.28. The summed E-state index contributed by atoms with van der Waals surface area (Å²) in [6, 6.07) is 4.24. The average molecular weight is 330 g/mol. The first-order valence-electron chi connectivity index (χ1n) is 6.21. The quantitative estimate of drug-likeness (QED) is 0.881. The molecule has 0 saturated carbocycles. The van der Waals surface area contributed by atoms with E-state index in [1.165, 1.54) is 6.07 Å². The standard InChI is InChI=1S/C13H17BrFN3O/c1-8(10-6-9(14)2-3-11(10)15)18-5-4-17-7-12(18)13(16)19/h2-3,6,8,12,17H,4-5,7H2,1H3,(H2,16,19). The average Bonchev–Trinajstić information content (AvgIpc) is 2.40. The van der Waals surface area contributed by atoms with Crippen LogP contribution in [0.2, 0.25) is 0 Å². The van der Waals surface area contributed by atoms with E-state index in [0.717, 1.165) is 11.0 Å². The zero-order chi connectivity index (χ0) is 14.0. The summed E-state index contributed by atoms with van der Waals surface area (Å²) in [6.45, 7) is 3.84. The summed E-state index contributed by atoms with van der Waals surface area (Å²) in [5.41, 5.74) is 5.99. The molecule has 6 heteroatoms. The molecule has 1 aliphatic rings. The number of amides is 1. The van der Waals surface area contributed by atoms with E-state index in [9.17, 15) is 9.18 Å². The Morgan fingerprint density at radius 3 is 3.05 bits per heavy atom. The van der Waals surface area contributed by atoms with E-state index in [0.29, 0.717) is 18.7 Å². The van der Waals surface area contributed by atoms with Crippen molar-refractivity contribution in [1.82, 2.24) is 10.2 Å². The van der Waals surface area contributed by atoms with E-state index >= 15 is 0 Å². The third kappa shape index (κ3) is 3.13. The van der Waals surface area contributed by atoms with Gasteiger partial charge in [-0.05, 0) is 25.1 Å². The maximum absolute atomic E-state index is 13.9. The van der Waals surface area contributed by atoms with Gasteiger partial charge in [0.1, 0.15) is 11.9 Å². The number of hydrogen-bond acceptors (Lipinski definition) is 3.